The number of amides is 1. The molecule has 2 N–H and O–H groups in total. The van der Waals surface area contributed by atoms with Crippen molar-refractivity contribution in [3.8, 4) is 16.9 Å². The third kappa shape index (κ3) is 3.13. The van der Waals surface area contributed by atoms with Gasteiger partial charge in [-0.1, -0.05) is 31.2 Å². The first-order valence-corrected chi connectivity index (χ1v) is 10.7. The highest BCUT2D eigenvalue weighted by atomic mass is 16.5. The van der Waals surface area contributed by atoms with Crippen LogP contribution in [0.2, 0.25) is 0 Å². The van der Waals surface area contributed by atoms with Crippen LogP contribution in [0.25, 0.3) is 22.8 Å². The van der Waals surface area contributed by atoms with E-state index in [9.17, 15) is 4.79 Å². The zero-order valence-corrected chi connectivity index (χ0v) is 17.5. The lowest BCUT2D eigenvalue weighted by molar-refractivity contribution is -0.110. The number of fused-ring (bicyclic) bond motifs is 2. The lowest BCUT2D eigenvalue weighted by Gasteiger charge is -2.11. The van der Waals surface area contributed by atoms with Gasteiger partial charge >= 0.3 is 0 Å². The molecule has 0 fully saturated rings. The van der Waals surface area contributed by atoms with Crippen LogP contribution >= 0.6 is 0 Å². The predicted octanol–water partition coefficient (Wildman–Crippen LogP) is 5.62. The summed E-state index contributed by atoms with van der Waals surface area (Å²) in [4.78, 5) is 16.4. The minimum atomic E-state index is -0.0356. The molecule has 1 aromatic heterocycles. The number of rotatable bonds is 4. The van der Waals surface area contributed by atoms with E-state index in [0.717, 1.165) is 58.7 Å². The van der Waals surface area contributed by atoms with Gasteiger partial charge < -0.3 is 15.0 Å². The van der Waals surface area contributed by atoms with Gasteiger partial charge in [-0.3, -0.25) is 4.79 Å². The second-order valence-corrected chi connectivity index (χ2v) is 8.04. The third-order valence-corrected chi connectivity index (χ3v) is 6.31. The molecule has 0 atom stereocenters. The number of nitrogens with one attached hydrogen (secondary N) is 2. The van der Waals surface area contributed by atoms with Gasteiger partial charge in [0.05, 0.1) is 12.7 Å². The Balaban J connectivity index is 1.52. The Kier molecular flexibility index (Phi) is 4.70. The average Bonchev–Trinajstić information content (AvgIpc) is 3.30. The number of aryl methyl sites for hydroxylation is 1. The summed E-state index contributed by atoms with van der Waals surface area (Å²) < 4.78 is 5.25. The monoisotopic (exact) mass is 398 g/mol. The Morgan fingerprint density at radius 3 is 2.57 bits per heavy atom. The largest absolute Gasteiger partial charge is 0.497 e. The molecule has 1 aliphatic carbocycles. The summed E-state index contributed by atoms with van der Waals surface area (Å²) in [5, 5.41) is 3.05. The van der Waals surface area contributed by atoms with Gasteiger partial charge in [0.2, 0.25) is 0 Å². The van der Waals surface area contributed by atoms with Gasteiger partial charge in [-0.15, -0.1) is 0 Å². The average molecular weight is 399 g/mol. The molecule has 0 unspecified atom stereocenters. The summed E-state index contributed by atoms with van der Waals surface area (Å²) in [5.74, 6) is 0.797. The summed E-state index contributed by atoms with van der Waals surface area (Å²) in [6.45, 7) is 2.20. The van der Waals surface area contributed by atoms with Crippen molar-refractivity contribution in [3.05, 3.63) is 70.5 Å². The van der Waals surface area contributed by atoms with Crippen LogP contribution in [0.5, 0.6) is 5.75 Å². The lowest BCUT2D eigenvalue weighted by atomic mass is 9.93. The van der Waals surface area contributed by atoms with Crippen LogP contribution in [-0.2, 0) is 24.1 Å². The van der Waals surface area contributed by atoms with Crippen LogP contribution in [0.1, 0.15) is 47.8 Å². The molecule has 2 aliphatic rings. The predicted molar refractivity (Wildman–Crippen MR) is 122 cm³/mol. The zero-order valence-electron chi connectivity index (χ0n) is 17.5. The second-order valence-electron chi connectivity index (χ2n) is 8.04. The van der Waals surface area contributed by atoms with Gasteiger partial charge in [-0.25, -0.2) is 0 Å². The van der Waals surface area contributed by atoms with E-state index >= 15 is 0 Å². The summed E-state index contributed by atoms with van der Waals surface area (Å²) >= 11 is 0. The summed E-state index contributed by atoms with van der Waals surface area (Å²) in [5.41, 5.74) is 10.0. The molecule has 2 aromatic carbocycles. The van der Waals surface area contributed by atoms with Crippen molar-refractivity contribution in [1.29, 1.82) is 0 Å². The highest BCUT2D eigenvalue weighted by molar-refractivity contribution is 6.35. The lowest BCUT2D eigenvalue weighted by Crippen LogP contribution is -2.04. The van der Waals surface area contributed by atoms with E-state index in [4.69, 9.17) is 4.74 Å². The van der Waals surface area contributed by atoms with Gasteiger partial charge in [0.25, 0.3) is 5.91 Å². The number of aromatic amines is 1. The normalized spacial score (nSPS) is 16.3. The second kappa shape index (κ2) is 7.52. The number of benzene rings is 2. The highest BCUT2D eigenvalue weighted by Crippen LogP contribution is 2.38. The minimum absolute atomic E-state index is 0.0356. The van der Waals surface area contributed by atoms with Gasteiger partial charge in [0, 0.05) is 22.6 Å². The standard InChI is InChI=1S/C26H26N2O2/c1-3-19-20-6-4-5-7-23(20)27-25(19)15-22-21-13-10-17(14-24(21)28-26(22)29)16-8-11-18(30-2)12-9-16/h8-15,27H,3-7H2,1-2H3,(H,28,29)/b22-15-. The molecule has 4 nitrogen and oxygen atoms in total. The molecule has 5 rings (SSSR count). The van der Waals surface area contributed by atoms with Crippen molar-refractivity contribution in [3.63, 3.8) is 0 Å². The highest BCUT2D eigenvalue weighted by Gasteiger charge is 2.26. The number of anilines is 1. The topological polar surface area (TPSA) is 54.1 Å². The van der Waals surface area contributed by atoms with Crippen LogP contribution in [0.4, 0.5) is 5.69 Å². The Labute approximate surface area is 177 Å². The van der Waals surface area contributed by atoms with E-state index in [2.05, 4.69) is 29.4 Å². The molecule has 1 amide bonds. The first-order chi connectivity index (χ1) is 14.7. The number of methoxy groups -OCH3 is 1. The van der Waals surface area contributed by atoms with E-state index in [1.807, 2.05) is 36.4 Å². The van der Waals surface area contributed by atoms with Crippen LogP contribution in [-0.4, -0.2) is 18.0 Å². The summed E-state index contributed by atoms with van der Waals surface area (Å²) in [7, 11) is 1.67. The fourth-order valence-electron chi connectivity index (χ4n) is 4.75. The molecule has 3 aromatic rings. The molecule has 152 valence electrons. The molecule has 0 bridgehead atoms. The Morgan fingerprint density at radius 2 is 1.80 bits per heavy atom. The molecular weight excluding hydrogens is 372 g/mol. The number of hydrogen-bond acceptors (Lipinski definition) is 2. The molecule has 2 heterocycles. The van der Waals surface area contributed by atoms with Crippen molar-refractivity contribution >= 4 is 23.2 Å². The fourth-order valence-corrected chi connectivity index (χ4v) is 4.75. The molecular formula is C26H26N2O2. The van der Waals surface area contributed by atoms with E-state index in [1.54, 1.807) is 7.11 Å². The molecule has 0 spiro atoms. The summed E-state index contributed by atoms with van der Waals surface area (Å²) in [6.07, 6.45) is 7.78. The van der Waals surface area contributed by atoms with E-state index in [1.165, 1.54) is 29.7 Å². The molecule has 1 aliphatic heterocycles. The smallest absolute Gasteiger partial charge is 0.256 e. The van der Waals surface area contributed by atoms with Crippen molar-refractivity contribution in [2.24, 2.45) is 0 Å². The van der Waals surface area contributed by atoms with Gasteiger partial charge in [-0.05, 0) is 78.6 Å². The van der Waals surface area contributed by atoms with Gasteiger partial charge in [-0.2, -0.15) is 0 Å². The van der Waals surface area contributed by atoms with Crippen LogP contribution in [0.15, 0.2) is 42.5 Å². The number of hydrogen-bond donors (Lipinski definition) is 2. The molecule has 0 saturated heterocycles. The van der Waals surface area contributed by atoms with Gasteiger partial charge in [0.1, 0.15) is 5.75 Å². The van der Waals surface area contributed by atoms with Crippen LogP contribution in [0, 0.1) is 0 Å². The molecule has 0 saturated carbocycles. The number of carbonyl (C=O) groups is 1. The van der Waals surface area contributed by atoms with Crippen molar-refractivity contribution in [2.45, 2.75) is 39.0 Å². The van der Waals surface area contributed by atoms with E-state index < -0.39 is 0 Å². The Hall–Kier alpha value is -3.27. The van der Waals surface area contributed by atoms with E-state index in [-0.39, 0.29) is 5.91 Å². The molecule has 30 heavy (non-hydrogen) atoms. The maximum Gasteiger partial charge on any atom is 0.256 e. The van der Waals surface area contributed by atoms with Crippen LogP contribution < -0.4 is 10.1 Å². The number of H-pyrrole nitrogens is 1. The first-order valence-electron chi connectivity index (χ1n) is 10.7. The van der Waals surface area contributed by atoms with Crippen molar-refractivity contribution in [2.75, 3.05) is 12.4 Å². The van der Waals surface area contributed by atoms with Crippen LogP contribution in [0.3, 0.4) is 0 Å². The molecule has 4 heteroatoms. The number of carbonyl (C=O) groups excluding carboxylic acids is 1. The third-order valence-electron chi connectivity index (χ3n) is 6.31. The number of aromatic nitrogens is 1. The molecule has 0 radical (unpaired) electrons. The summed E-state index contributed by atoms with van der Waals surface area (Å²) in [6, 6.07) is 14.1. The maximum absolute atomic E-state index is 12.8. The van der Waals surface area contributed by atoms with E-state index in [0.29, 0.717) is 0 Å². The van der Waals surface area contributed by atoms with Gasteiger partial charge in [0.15, 0.2) is 0 Å². The Bertz CT molecular complexity index is 1150. The number of ether oxygens (including phenoxy) is 1. The quantitative estimate of drug-likeness (QED) is 0.560. The Morgan fingerprint density at radius 1 is 1.03 bits per heavy atom. The fraction of sp³-hybridized carbons (Fsp3) is 0.269. The SMILES string of the molecule is CCc1c(/C=C2\C(=O)Nc3cc(-c4ccc(OC)cc4)ccc32)[nH]c2c1CCCC2. The minimum Gasteiger partial charge on any atom is -0.497 e. The zero-order chi connectivity index (χ0) is 20.7. The first kappa shape index (κ1) is 18.7. The van der Waals surface area contributed by atoms with Crippen molar-refractivity contribution in [1.82, 2.24) is 4.98 Å². The van der Waals surface area contributed by atoms with Crippen molar-refractivity contribution < 1.29 is 9.53 Å². The maximum atomic E-state index is 12.8.